The lowest BCUT2D eigenvalue weighted by molar-refractivity contribution is -0.384. The van der Waals surface area contributed by atoms with Gasteiger partial charge in [-0.2, -0.15) is 0 Å². The number of non-ortho nitro benzene ring substituents is 1. The van der Waals surface area contributed by atoms with Crippen molar-refractivity contribution in [3.05, 3.63) is 28.3 Å². The second kappa shape index (κ2) is 6.66. The molecule has 1 aliphatic heterocycles. The predicted octanol–water partition coefficient (Wildman–Crippen LogP) is 2.51. The smallest absolute Gasteiger partial charge is 0.407 e. The number of nitro benzene ring substituents is 1. The third-order valence-electron chi connectivity index (χ3n) is 3.40. The third-order valence-corrected chi connectivity index (χ3v) is 4.45. The molecule has 1 heterocycles. The standard InChI is InChI=1S/C13H17N3O4S/c1-2-14(13(17)18)5-6-15-7-8-21-12-4-3-10(16(19)20)9-11(12)15/h3-4,9H,2,5-8H2,1H3,(H,17,18). The lowest BCUT2D eigenvalue weighted by Crippen LogP contribution is -2.39. The second-order valence-electron chi connectivity index (χ2n) is 4.61. The fourth-order valence-corrected chi connectivity index (χ4v) is 3.27. The van der Waals surface area contributed by atoms with E-state index in [9.17, 15) is 14.9 Å². The Morgan fingerprint density at radius 2 is 2.33 bits per heavy atom. The highest BCUT2D eigenvalue weighted by Gasteiger charge is 2.21. The molecule has 1 aromatic carbocycles. The SMILES string of the molecule is CCN(CCN1CCSc2ccc([N+](=O)[O-])cc21)C(=O)O. The molecular weight excluding hydrogens is 294 g/mol. The van der Waals surface area contributed by atoms with Crippen LogP contribution < -0.4 is 4.90 Å². The highest BCUT2D eigenvalue weighted by Crippen LogP contribution is 2.36. The van der Waals surface area contributed by atoms with Gasteiger partial charge in [0, 0.05) is 49.0 Å². The van der Waals surface area contributed by atoms with Crippen molar-refractivity contribution in [3.8, 4) is 0 Å². The molecule has 1 aliphatic rings. The quantitative estimate of drug-likeness (QED) is 0.664. The summed E-state index contributed by atoms with van der Waals surface area (Å²) in [7, 11) is 0. The normalized spacial score (nSPS) is 13.7. The van der Waals surface area contributed by atoms with Gasteiger partial charge in [0.1, 0.15) is 0 Å². The van der Waals surface area contributed by atoms with E-state index in [4.69, 9.17) is 5.11 Å². The van der Waals surface area contributed by atoms with Gasteiger partial charge in [0.15, 0.2) is 0 Å². The zero-order valence-electron chi connectivity index (χ0n) is 11.7. The Balaban J connectivity index is 2.15. The second-order valence-corrected chi connectivity index (χ2v) is 5.74. The molecule has 1 N–H and O–H groups in total. The minimum absolute atomic E-state index is 0.0619. The van der Waals surface area contributed by atoms with E-state index in [1.165, 1.54) is 11.0 Å². The van der Waals surface area contributed by atoms with Crippen LogP contribution in [0.15, 0.2) is 23.1 Å². The Bertz CT molecular complexity index is 552. The molecule has 7 nitrogen and oxygen atoms in total. The first-order chi connectivity index (χ1) is 10.0. The number of amides is 1. The van der Waals surface area contributed by atoms with Crippen LogP contribution in [0.1, 0.15) is 6.92 Å². The van der Waals surface area contributed by atoms with E-state index in [0.717, 1.165) is 22.9 Å². The van der Waals surface area contributed by atoms with E-state index in [1.807, 2.05) is 4.90 Å². The van der Waals surface area contributed by atoms with Crippen molar-refractivity contribution >= 4 is 29.2 Å². The average molecular weight is 311 g/mol. The fraction of sp³-hybridized carbons (Fsp3) is 0.462. The Morgan fingerprint density at radius 1 is 1.57 bits per heavy atom. The molecule has 0 atom stereocenters. The zero-order valence-corrected chi connectivity index (χ0v) is 12.5. The summed E-state index contributed by atoms with van der Waals surface area (Å²) in [5.41, 5.74) is 0.883. The van der Waals surface area contributed by atoms with Gasteiger partial charge in [0.05, 0.1) is 10.6 Å². The summed E-state index contributed by atoms with van der Waals surface area (Å²) in [6.07, 6.45) is -0.942. The molecule has 0 fully saturated rings. The first-order valence-electron chi connectivity index (χ1n) is 6.67. The van der Waals surface area contributed by atoms with Gasteiger partial charge < -0.3 is 14.9 Å². The largest absolute Gasteiger partial charge is 0.465 e. The number of benzene rings is 1. The Kier molecular flexibility index (Phi) is 4.89. The summed E-state index contributed by atoms with van der Waals surface area (Å²) in [6, 6.07) is 4.84. The number of nitro groups is 1. The van der Waals surface area contributed by atoms with Gasteiger partial charge in [0.2, 0.25) is 0 Å². The van der Waals surface area contributed by atoms with Crippen LogP contribution in [0.2, 0.25) is 0 Å². The molecule has 0 saturated heterocycles. The van der Waals surface area contributed by atoms with E-state index in [1.54, 1.807) is 30.8 Å². The van der Waals surface area contributed by atoms with E-state index >= 15 is 0 Å². The number of hydrogen-bond donors (Lipinski definition) is 1. The summed E-state index contributed by atoms with van der Waals surface area (Å²) in [4.78, 5) is 25.8. The van der Waals surface area contributed by atoms with Gasteiger partial charge in [-0.3, -0.25) is 10.1 Å². The number of rotatable bonds is 5. The molecule has 0 bridgehead atoms. The number of anilines is 1. The molecule has 1 amide bonds. The van der Waals surface area contributed by atoms with Gasteiger partial charge in [-0.05, 0) is 13.0 Å². The molecular formula is C13H17N3O4S. The summed E-state index contributed by atoms with van der Waals surface area (Å²) < 4.78 is 0. The van der Waals surface area contributed by atoms with Crippen molar-refractivity contribution in [2.24, 2.45) is 0 Å². The van der Waals surface area contributed by atoms with Crippen LogP contribution in [0.5, 0.6) is 0 Å². The minimum Gasteiger partial charge on any atom is -0.465 e. The van der Waals surface area contributed by atoms with E-state index in [0.29, 0.717) is 19.6 Å². The maximum atomic E-state index is 11.0. The molecule has 0 aromatic heterocycles. The fourth-order valence-electron chi connectivity index (χ4n) is 2.24. The van der Waals surface area contributed by atoms with Gasteiger partial charge in [-0.1, -0.05) is 0 Å². The third kappa shape index (κ3) is 3.57. The van der Waals surface area contributed by atoms with Crippen LogP contribution in [0.3, 0.4) is 0 Å². The first-order valence-corrected chi connectivity index (χ1v) is 7.65. The minimum atomic E-state index is -0.942. The van der Waals surface area contributed by atoms with Crippen molar-refractivity contribution in [3.63, 3.8) is 0 Å². The molecule has 0 saturated carbocycles. The summed E-state index contributed by atoms with van der Waals surface area (Å²) >= 11 is 1.66. The number of carbonyl (C=O) groups is 1. The maximum absolute atomic E-state index is 11.0. The first kappa shape index (κ1) is 15.4. The van der Waals surface area contributed by atoms with E-state index < -0.39 is 11.0 Å². The number of nitrogens with zero attached hydrogens (tertiary/aromatic N) is 3. The van der Waals surface area contributed by atoms with Crippen molar-refractivity contribution in [1.82, 2.24) is 4.90 Å². The summed E-state index contributed by atoms with van der Waals surface area (Å²) in [5, 5.41) is 19.9. The van der Waals surface area contributed by atoms with Crippen LogP contribution in [-0.4, -0.2) is 53.0 Å². The highest BCUT2D eigenvalue weighted by atomic mass is 32.2. The molecule has 0 aliphatic carbocycles. The highest BCUT2D eigenvalue weighted by molar-refractivity contribution is 7.99. The molecule has 21 heavy (non-hydrogen) atoms. The number of thioether (sulfide) groups is 1. The monoisotopic (exact) mass is 311 g/mol. The molecule has 2 rings (SSSR count). The molecule has 8 heteroatoms. The number of likely N-dealkylation sites (N-methyl/N-ethyl adjacent to an activating group) is 1. The van der Waals surface area contributed by atoms with Crippen LogP contribution in [0.25, 0.3) is 0 Å². The Hall–Kier alpha value is -1.96. The summed E-state index contributed by atoms with van der Waals surface area (Å²) in [6.45, 7) is 3.90. The molecule has 114 valence electrons. The lowest BCUT2D eigenvalue weighted by Gasteiger charge is -2.32. The van der Waals surface area contributed by atoms with Gasteiger partial charge in [0.25, 0.3) is 5.69 Å². The number of carboxylic acid groups (broad SMARTS) is 1. The van der Waals surface area contributed by atoms with Crippen molar-refractivity contribution in [1.29, 1.82) is 0 Å². The Labute approximate surface area is 126 Å². The van der Waals surface area contributed by atoms with Crippen molar-refractivity contribution in [2.75, 3.05) is 36.8 Å². The van der Waals surface area contributed by atoms with E-state index in [-0.39, 0.29) is 5.69 Å². The molecule has 0 spiro atoms. The predicted molar refractivity (Wildman–Crippen MR) is 81.3 cm³/mol. The lowest BCUT2D eigenvalue weighted by atomic mass is 10.2. The molecule has 0 unspecified atom stereocenters. The number of hydrogen-bond acceptors (Lipinski definition) is 5. The Morgan fingerprint density at radius 3 is 2.95 bits per heavy atom. The topological polar surface area (TPSA) is 86.9 Å². The van der Waals surface area contributed by atoms with Gasteiger partial charge in [-0.15, -0.1) is 11.8 Å². The number of fused-ring (bicyclic) bond motifs is 1. The van der Waals surface area contributed by atoms with Crippen LogP contribution in [-0.2, 0) is 0 Å². The van der Waals surface area contributed by atoms with Crippen molar-refractivity contribution in [2.45, 2.75) is 11.8 Å². The molecule has 1 aromatic rings. The van der Waals surface area contributed by atoms with Crippen LogP contribution in [0.4, 0.5) is 16.2 Å². The zero-order chi connectivity index (χ0) is 15.4. The van der Waals surface area contributed by atoms with Crippen molar-refractivity contribution < 1.29 is 14.8 Å². The summed E-state index contributed by atoms with van der Waals surface area (Å²) in [5.74, 6) is 0.893. The van der Waals surface area contributed by atoms with E-state index in [2.05, 4.69) is 0 Å². The molecule has 0 radical (unpaired) electrons. The van der Waals surface area contributed by atoms with Gasteiger partial charge in [-0.25, -0.2) is 4.79 Å². The maximum Gasteiger partial charge on any atom is 0.407 e. The average Bonchev–Trinajstić information content (AvgIpc) is 2.47. The van der Waals surface area contributed by atoms with Gasteiger partial charge >= 0.3 is 6.09 Å². The van der Waals surface area contributed by atoms with Crippen LogP contribution >= 0.6 is 11.8 Å². The van der Waals surface area contributed by atoms with Crippen LogP contribution in [0, 0.1) is 10.1 Å².